The number of furan rings is 1. The Balaban J connectivity index is 1.64. The molecule has 2 aromatic carbocycles. The minimum Gasteiger partial charge on any atom is -0.504 e. The van der Waals surface area contributed by atoms with Crippen molar-refractivity contribution in [2.75, 3.05) is 7.11 Å². The Bertz CT molecular complexity index is 1200. The third-order valence-corrected chi connectivity index (χ3v) is 5.20. The molecule has 0 spiro atoms. The van der Waals surface area contributed by atoms with Crippen LogP contribution in [0.25, 0.3) is 6.08 Å². The summed E-state index contributed by atoms with van der Waals surface area (Å²) in [5.41, 5.74) is 1.73. The average Bonchev–Trinajstić information content (AvgIpc) is 3.36. The molecule has 0 aliphatic carbocycles. The number of hydrogen-bond donors (Lipinski definition) is 1. The zero-order valence-corrected chi connectivity index (χ0v) is 15.9. The lowest BCUT2D eigenvalue weighted by atomic mass is 9.84. The Morgan fingerprint density at radius 2 is 2.00 bits per heavy atom. The molecule has 5 rings (SSSR count). The van der Waals surface area contributed by atoms with Gasteiger partial charge in [-0.2, -0.15) is 0 Å². The van der Waals surface area contributed by atoms with E-state index in [1.165, 1.54) is 25.5 Å². The number of allylic oxidation sites excluding steroid dienone is 1. The van der Waals surface area contributed by atoms with Crippen molar-refractivity contribution in [1.29, 1.82) is 0 Å². The summed E-state index contributed by atoms with van der Waals surface area (Å²) in [5, 5.41) is 9.92. The topological polar surface area (TPSA) is 95.2 Å². The van der Waals surface area contributed by atoms with Gasteiger partial charge in [-0.15, -0.1) is 0 Å². The van der Waals surface area contributed by atoms with E-state index in [1.807, 2.05) is 0 Å². The zero-order chi connectivity index (χ0) is 20.8. The molecule has 150 valence electrons. The van der Waals surface area contributed by atoms with E-state index in [0.29, 0.717) is 28.4 Å². The quantitative estimate of drug-likeness (QED) is 0.400. The third kappa shape index (κ3) is 2.83. The van der Waals surface area contributed by atoms with Crippen molar-refractivity contribution in [3.63, 3.8) is 0 Å². The molecule has 1 atom stereocenters. The molecule has 0 saturated carbocycles. The molecule has 2 aliphatic heterocycles. The molecule has 30 heavy (non-hydrogen) atoms. The van der Waals surface area contributed by atoms with Crippen molar-refractivity contribution in [3.8, 4) is 23.0 Å². The lowest BCUT2D eigenvalue weighted by Gasteiger charge is -2.26. The number of carbonyl (C=O) groups is 2. The van der Waals surface area contributed by atoms with E-state index in [-0.39, 0.29) is 29.5 Å². The highest BCUT2D eigenvalue weighted by molar-refractivity contribution is 6.15. The van der Waals surface area contributed by atoms with Gasteiger partial charge in [0.25, 0.3) is 0 Å². The number of ketones is 1. The first-order valence-electron chi connectivity index (χ1n) is 9.27. The van der Waals surface area contributed by atoms with Gasteiger partial charge in [-0.1, -0.05) is 6.07 Å². The minimum atomic E-state index is -0.429. The van der Waals surface area contributed by atoms with Gasteiger partial charge in [-0.25, -0.2) is 0 Å². The summed E-state index contributed by atoms with van der Waals surface area (Å²) in [6.07, 6.45) is 3.10. The monoisotopic (exact) mass is 404 g/mol. The molecule has 0 amide bonds. The molecule has 3 heterocycles. The first-order valence-corrected chi connectivity index (χ1v) is 9.27. The van der Waals surface area contributed by atoms with E-state index in [0.717, 1.165) is 5.56 Å². The van der Waals surface area contributed by atoms with Gasteiger partial charge < -0.3 is 23.7 Å². The highest BCUT2D eigenvalue weighted by Gasteiger charge is 2.38. The molecule has 0 radical (unpaired) electrons. The highest BCUT2D eigenvalue weighted by atomic mass is 16.5. The largest absolute Gasteiger partial charge is 0.504 e. The van der Waals surface area contributed by atoms with Gasteiger partial charge in [-0.3, -0.25) is 9.59 Å². The number of carbonyl (C=O) groups excluding carboxylic acids is 2. The summed E-state index contributed by atoms with van der Waals surface area (Å²) in [7, 11) is 1.45. The average molecular weight is 404 g/mol. The lowest BCUT2D eigenvalue weighted by molar-refractivity contribution is -0.135. The van der Waals surface area contributed by atoms with Crippen molar-refractivity contribution < 1.29 is 33.3 Å². The number of ether oxygens (including phenoxy) is 3. The molecule has 7 heteroatoms. The van der Waals surface area contributed by atoms with Gasteiger partial charge in [0.2, 0.25) is 5.78 Å². The number of hydrogen-bond acceptors (Lipinski definition) is 7. The van der Waals surface area contributed by atoms with Gasteiger partial charge in [0, 0.05) is 17.6 Å². The van der Waals surface area contributed by atoms with Gasteiger partial charge >= 0.3 is 5.97 Å². The molecule has 2 aliphatic rings. The molecule has 0 saturated heterocycles. The zero-order valence-electron chi connectivity index (χ0n) is 15.9. The second-order valence-electron chi connectivity index (χ2n) is 6.97. The SMILES string of the molecule is COc1cc(C2CC(=O)Oc3ccc4c(c32)O/C(=C\c2ccco2)C4=O)ccc1O. The van der Waals surface area contributed by atoms with Crippen LogP contribution in [0.4, 0.5) is 0 Å². The number of esters is 1. The van der Waals surface area contributed by atoms with Crippen LogP contribution >= 0.6 is 0 Å². The first-order chi connectivity index (χ1) is 14.5. The van der Waals surface area contributed by atoms with E-state index in [4.69, 9.17) is 18.6 Å². The molecular formula is C23H16O7. The second-order valence-corrected chi connectivity index (χ2v) is 6.97. The number of Topliss-reactive ketones (excluding diaryl/α,β-unsaturated/α-hetero) is 1. The van der Waals surface area contributed by atoms with Crippen LogP contribution in [-0.2, 0) is 4.79 Å². The Hall–Kier alpha value is -4.00. The standard InChI is InChI=1S/C23H16O7/c1-27-18-9-12(4-6-16(18)24)15-11-20(25)29-17-7-5-14-22(26)19(30-23(14)21(15)17)10-13-3-2-8-28-13/h2-10,15,24H,11H2,1H3/b19-10-. The molecule has 1 aromatic heterocycles. The summed E-state index contributed by atoms with van der Waals surface area (Å²) in [5.74, 6) is 0.511. The fourth-order valence-corrected chi connectivity index (χ4v) is 3.80. The minimum absolute atomic E-state index is 0.00625. The number of fused-ring (bicyclic) bond motifs is 3. The maximum absolute atomic E-state index is 12.9. The fourth-order valence-electron chi connectivity index (χ4n) is 3.80. The van der Waals surface area contributed by atoms with Crippen LogP contribution in [0, 0.1) is 0 Å². The summed E-state index contributed by atoms with van der Waals surface area (Å²) >= 11 is 0. The fraction of sp³-hybridized carbons (Fsp3) is 0.130. The highest BCUT2D eigenvalue weighted by Crippen LogP contribution is 2.49. The van der Waals surface area contributed by atoms with Crippen molar-refractivity contribution in [2.45, 2.75) is 12.3 Å². The summed E-state index contributed by atoms with van der Waals surface area (Å²) in [6, 6.07) is 11.5. The van der Waals surface area contributed by atoms with Crippen LogP contribution < -0.4 is 14.2 Å². The number of rotatable bonds is 3. The Labute approximate surface area is 171 Å². The molecule has 3 aromatic rings. The summed E-state index contributed by atoms with van der Waals surface area (Å²) < 4.78 is 21.8. The van der Waals surface area contributed by atoms with Crippen LogP contribution in [0.1, 0.15) is 39.6 Å². The molecule has 1 N–H and O–H groups in total. The Kier molecular flexibility index (Phi) is 4.10. The van der Waals surface area contributed by atoms with E-state index in [2.05, 4.69) is 0 Å². The smallest absolute Gasteiger partial charge is 0.312 e. The van der Waals surface area contributed by atoms with Crippen molar-refractivity contribution in [2.24, 2.45) is 0 Å². The van der Waals surface area contributed by atoms with Crippen LogP contribution in [0.5, 0.6) is 23.0 Å². The van der Waals surface area contributed by atoms with Gasteiger partial charge in [-0.05, 0) is 42.0 Å². The molecule has 0 bridgehead atoms. The Morgan fingerprint density at radius 3 is 2.77 bits per heavy atom. The first kappa shape index (κ1) is 18.1. The molecule has 1 unspecified atom stereocenters. The van der Waals surface area contributed by atoms with Crippen LogP contribution in [0.15, 0.2) is 58.9 Å². The molecular weight excluding hydrogens is 388 g/mol. The van der Waals surface area contributed by atoms with Crippen LogP contribution in [0.3, 0.4) is 0 Å². The van der Waals surface area contributed by atoms with Crippen molar-refractivity contribution >= 4 is 17.8 Å². The van der Waals surface area contributed by atoms with E-state index >= 15 is 0 Å². The Morgan fingerprint density at radius 1 is 1.13 bits per heavy atom. The number of methoxy groups -OCH3 is 1. The molecule has 0 fully saturated rings. The van der Waals surface area contributed by atoms with Gasteiger partial charge in [0.1, 0.15) is 17.3 Å². The van der Waals surface area contributed by atoms with Crippen LogP contribution in [-0.4, -0.2) is 24.0 Å². The second kappa shape index (κ2) is 6.81. The normalized spacial score (nSPS) is 18.6. The summed E-state index contributed by atoms with van der Waals surface area (Å²) in [4.78, 5) is 25.1. The number of benzene rings is 2. The number of phenolic OH excluding ortho intramolecular Hbond substituents is 1. The molecule has 7 nitrogen and oxygen atoms in total. The van der Waals surface area contributed by atoms with E-state index < -0.39 is 11.9 Å². The van der Waals surface area contributed by atoms with Crippen molar-refractivity contribution in [3.05, 3.63) is 76.9 Å². The summed E-state index contributed by atoms with van der Waals surface area (Å²) in [6.45, 7) is 0. The maximum atomic E-state index is 12.9. The number of phenols is 1. The van der Waals surface area contributed by atoms with E-state index in [1.54, 1.807) is 36.4 Å². The van der Waals surface area contributed by atoms with E-state index in [9.17, 15) is 14.7 Å². The third-order valence-electron chi connectivity index (χ3n) is 5.20. The van der Waals surface area contributed by atoms with Gasteiger partial charge in [0.15, 0.2) is 17.3 Å². The van der Waals surface area contributed by atoms with Gasteiger partial charge in [0.05, 0.1) is 25.4 Å². The predicted molar refractivity (Wildman–Crippen MR) is 105 cm³/mol. The van der Waals surface area contributed by atoms with Crippen LogP contribution in [0.2, 0.25) is 0 Å². The predicted octanol–water partition coefficient (Wildman–Crippen LogP) is 4.05. The number of aromatic hydroxyl groups is 1. The van der Waals surface area contributed by atoms with Crippen molar-refractivity contribution in [1.82, 2.24) is 0 Å². The lowest BCUT2D eigenvalue weighted by Crippen LogP contribution is -2.21. The maximum Gasteiger partial charge on any atom is 0.312 e.